The molecule has 0 spiro atoms. The SMILES string of the molecule is Cc1ccc(Cl)cc1-n1c(C)cc([C@@H]2[C@@H](c3ccccn3)NC(=S)N2CCCO)c1C. The van der Waals surface area contributed by atoms with E-state index in [0.29, 0.717) is 23.1 Å². The van der Waals surface area contributed by atoms with E-state index in [2.05, 4.69) is 46.6 Å². The molecule has 3 aromatic rings. The molecule has 1 aromatic carbocycles. The maximum absolute atomic E-state index is 9.44. The largest absolute Gasteiger partial charge is 0.396 e. The molecule has 0 bridgehead atoms. The highest BCUT2D eigenvalue weighted by Gasteiger charge is 2.41. The Labute approximate surface area is 193 Å². The predicted octanol–water partition coefficient (Wildman–Crippen LogP) is 4.81. The van der Waals surface area contributed by atoms with Gasteiger partial charge in [0.1, 0.15) is 0 Å². The lowest BCUT2D eigenvalue weighted by Crippen LogP contribution is -2.31. The van der Waals surface area contributed by atoms with Crippen LogP contribution in [0.25, 0.3) is 5.69 Å². The number of hydrogen-bond donors (Lipinski definition) is 2. The van der Waals surface area contributed by atoms with Crippen molar-refractivity contribution in [2.45, 2.75) is 39.3 Å². The van der Waals surface area contributed by atoms with Crippen molar-refractivity contribution in [2.75, 3.05) is 13.2 Å². The Balaban J connectivity index is 1.84. The molecule has 2 N–H and O–H groups in total. The van der Waals surface area contributed by atoms with Gasteiger partial charge in [0.15, 0.2) is 5.11 Å². The number of benzene rings is 1. The zero-order valence-corrected chi connectivity index (χ0v) is 19.5. The molecule has 0 radical (unpaired) electrons. The van der Waals surface area contributed by atoms with Gasteiger partial charge >= 0.3 is 0 Å². The summed E-state index contributed by atoms with van der Waals surface area (Å²) in [6.07, 6.45) is 2.46. The van der Waals surface area contributed by atoms with Crippen LogP contribution in [-0.4, -0.2) is 37.8 Å². The smallest absolute Gasteiger partial charge is 0.170 e. The van der Waals surface area contributed by atoms with Crippen LogP contribution in [0, 0.1) is 20.8 Å². The molecule has 0 amide bonds. The molecule has 7 heteroatoms. The number of rotatable bonds is 6. The minimum Gasteiger partial charge on any atom is -0.396 e. The summed E-state index contributed by atoms with van der Waals surface area (Å²) in [6.45, 7) is 7.16. The number of nitrogens with one attached hydrogen (secondary N) is 1. The van der Waals surface area contributed by atoms with Crippen molar-refractivity contribution in [3.8, 4) is 5.69 Å². The molecule has 5 nitrogen and oxygen atoms in total. The highest BCUT2D eigenvalue weighted by Crippen LogP contribution is 2.41. The predicted molar refractivity (Wildman–Crippen MR) is 129 cm³/mol. The third-order valence-electron chi connectivity index (χ3n) is 5.96. The number of aryl methyl sites for hydroxylation is 2. The molecule has 162 valence electrons. The molecular formula is C24H27ClN4OS. The van der Waals surface area contributed by atoms with Crippen LogP contribution in [0.4, 0.5) is 0 Å². The zero-order valence-electron chi connectivity index (χ0n) is 18.0. The lowest BCUT2D eigenvalue weighted by molar-refractivity contribution is 0.247. The van der Waals surface area contributed by atoms with Crippen LogP contribution < -0.4 is 5.32 Å². The second-order valence-electron chi connectivity index (χ2n) is 7.99. The summed E-state index contributed by atoms with van der Waals surface area (Å²) in [5.74, 6) is 0. The fourth-order valence-corrected chi connectivity index (χ4v) is 5.01. The number of hydrogen-bond acceptors (Lipinski definition) is 3. The lowest BCUT2D eigenvalue weighted by atomic mass is 9.96. The normalized spacial score (nSPS) is 18.5. The van der Waals surface area contributed by atoms with Gasteiger partial charge in [-0.15, -0.1) is 0 Å². The Kier molecular flexibility index (Phi) is 6.32. The molecular weight excluding hydrogens is 428 g/mol. The summed E-state index contributed by atoms with van der Waals surface area (Å²) >= 11 is 12.0. The number of nitrogens with zero attached hydrogens (tertiary/aromatic N) is 3. The zero-order chi connectivity index (χ0) is 22.1. The minimum absolute atomic E-state index is 0.0200. The van der Waals surface area contributed by atoms with Crippen molar-refractivity contribution in [2.24, 2.45) is 0 Å². The van der Waals surface area contributed by atoms with E-state index in [4.69, 9.17) is 23.8 Å². The third-order valence-corrected chi connectivity index (χ3v) is 6.54. The fourth-order valence-electron chi connectivity index (χ4n) is 4.51. The molecule has 0 unspecified atom stereocenters. The lowest BCUT2D eigenvalue weighted by Gasteiger charge is -2.28. The maximum Gasteiger partial charge on any atom is 0.170 e. The maximum atomic E-state index is 9.44. The summed E-state index contributed by atoms with van der Waals surface area (Å²) in [7, 11) is 0. The van der Waals surface area contributed by atoms with Gasteiger partial charge in [-0.05, 0) is 80.9 Å². The molecule has 1 saturated heterocycles. The topological polar surface area (TPSA) is 53.3 Å². The van der Waals surface area contributed by atoms with Gasteiger partial charge in [-0.25, -0.2) is 0 Å². The van der Waals surface area contributed by atoms with Gasteiger partial charge in [0.05, 0.1) is 17.8 Å². The average Bonchev–Trinajstić information content (AvgIpc) is 3.24. The van der Waals surface area contributed by atoms with Gasteiger partial charge in [-0.1, -0.05) is 23.7 Å². The van der Waals surface area contributed by atoms with Crippen LogP contribution in [0.3, 0.4) is 0 Å². The van der Waals surface area contributed by atoms with Crippen LogP contribution in [0.1, 0.15) is 46.7 Å². The number of aromatic nitrogens is 2. The summed E-state index contributed by atoms with van der Waals surface area (Å²) < 4.78 is 2.26. The Hall–Kier alpha value is -2.41. The molecule has 1 fully saturated rings. The standard InChI is InChI=1S/C24H27ClN4OS/c1-15-8-9-18(25)14-21(15)29-16(2)13-19(17(29)3)23-22(20-7-4-5-10-26-20)27-24(31)28(23)11-6-12-30/h4-5,7-10,13-14,22-23,30H,6,11-12H2,1-3H3,(H,27,31)/t22-,23-/m1/s1. The fraction of sp³-hybridized carbons (Fsp3) is 0.333. The first-order chi connectivity index (χ1) is 14.9. The van der Waals surface area contributed by atoms with E-state index in [9.17, 15) is 5.11 Å². The molecule has 3 heterocycles. The monoisotopic (exact) mass is 454 g/mol. The molecule has 31 heavy (non-hydrogen) atoms. The Morgan fingerprint density at radius 2 is 1.97 bits per heavy atom. The van der Waals surface area contributed by atoms with E-state index in [-0.39, 0.29) is 18.7 Å². The van der Waals surface area contributed by atoms with Crippen molar-refractivity contribution >= 4 is 28.9 Å². The highest BCUT2D eigenvalue weighted by atomic mass is 35.5. The van der Waals surface area contributed by atoms with Gasteiger partial charge in [0.25, 0.3) is 0 Å². The second-order valence-corrected chi connectivity index (χ2v) is 8.81. The summed E-state index contributed by atoms with van der Waals surface area (Å²) in [5.41, 5.74) is 6.67. The number of aliphatic hydroxyl groups is 1. The average molecular weight is 455 g/mol. The van der Waals surface area contributed by atoms with Gasteiger partial charge in [-0.3, -0.25) is 4.98 Å². The summed E-state index contributed by atoms with van der Waals surface area (Å²) in [4.78, 5) is 6.79. The first-order valence-electron chi connectivity index (χ1n) is 10.5. The Morgan fingerprint density at radius 1 is 1.16 bits per heavy atom. The molecule has 0 saturated carbocycles. The highest BCUT2D eigenvalue weighted by molar-refractivity contribution is 7.80. The van der Waals surface area contributed by atoms with E-state index in [1.165, 1.54) is 5.56 Å². The third kappa shape index (κ3) is 4.07. The first-order valence-corrected chi connectivity index (χ1v) is 11.2. The van der Waals surface area contributed by atoms with E-state index in [0.717, 1.165) is 28.3 Å². The number of pyridine rings is 1. The van der Waals surface area contributed by atoms with Crippen LogP contribution in [-0.2, 0) is 0 Å². The van der Waals surface area contributed by atoms with Crippen LogP contribution in [0.15, 0.2) is 48.7 Å². The van der Waals surface area contributed by atoms with Crippen LogP contribution >= 0.6 is 23.8 Å². The molecule has 2 aromatic heterocycles. The first kappa shape index (κ1) is 21.8. The van der Waals surface area contributed by atoms with Gasteiger partial charge in [0, 0.05) is 41.4 Å². The summed E-state index contributed by atoms with van der Waals surface area (Å²) in [5, 5.41) is 14.3. The van der Waals surface area contributed by atoms with Crippen molar-refractivity contribution in [1.29, 1.82) is 0 Å². The van der Waals surface area contributed by atoms with Crippen molar-refractivity contribution < 1.29 is 5.11 Å². The Morgan fingerprint density at radius 3 is 2.68 bits per heavy atom. The molecule has 0 aliphatic carbocycles. The van der Waals surface area contributed by atoms with E-state index < -0.39 is 0 Å². The van der Waals surface area contributed by atoms with Crippen LogP contribution in [0.2, 0.25) is 5.02 Å². The number of halogens is 1. The summed E-state index contributed by atoms with van der Waals surface area (Å²) in [6, 6.07) is 14.1. The number of thiocarbonyl (C=S) groups is 1. The van der Waals surface area contributed by atoms with E-state index in [1.54, 1.807) is 0 Å². The quantitative estimate of drug-likeness (QED) is 0.523. The van der Waals surface area contributed by atoms with Gasteiger partial charge < -0.3 is 19.9 Å². The van der Waals surface area contributed by atoms with E-state index in [1.807, 2.05) is 42.6 Å². The minimum atomic E-state index is -0.0678. The Bertz CT molecular complexity index is 1100. The van der Waals surface area contributed by atoms with Crippen molar-refractivity contribution in [1.82, 2.24) is 19.8 Å². The van der Waals surface area contributed by atoms with Gasteiger partial charge in [0.2, 0.25) is 0 Å². The van der Waals surface area contributed by atoms with Crippen molar-refractivity contribution in [3.05, 3.63) is 81.9 Å². The molecule has 1 aliphatic heterocycles. The number of aliphatic hydroxyl groups excluding tert-OH is 1. The second kappa shape index (κ2) is 8.99. The van der Waals surface area contributed by atoms with Crippen LogP contribution in [0.5, 0.6) is 0 Å². The molecule has 1 aliphatic rings. The van der Waals surface area contributed by atoms with Gasteiger partial charge in [-0.2, -0.15) is 0 Å². The molecule has 4 rings (SSSR count). The van der Waals surface area contributed by atoms with E-state index >= 15 is 0 Å². The molecule has 2 atom stereocenters. The van der Waals surface area contributed by atoms with Crippen molar-refractivity contribution in [3.63, 3.8) is 0 Å².